The van der Waals surface area contributed by atoms with Crippen LogP contribution < -0.4 is 4.74 Å². The fourth-order valence-electron chi connectivity index (χ4n) is 5.20. The summed E-state index contributed by atoms with van der Waals surface area (Å²) >= 11 is 3.74. The second kappa shape index (κ2) is 11.6. The summed E-state index contributed by atoms with van der Waals surface area (Å²) in [6.45, 7) is 9.76. The zero-order chi connectivity index (χ0) is 22.3. The summed E-state index contributed by atoms with van der Waals surface area (Å²) in [4.78, 5) is 7.84. The summed E-state index contributed by atoms with van der Waals surface area (Å²) in [5.41, 5.74) is 2.81. The summed E-state index contributed by atoms with van der Waals surface area (Å²) < 4.78 is 6.92. The highest BCUT2D eigenvalue weighted by Gasteiger charge is 2.28. The van der Waals surface area contributed by atoms with E-state index in [9.17, 15) is 0 Å². The van der Waals surface area contributed by atoms with Crippen LogP contribution in [0.2, 0.25) is 0 Å². The first-order valence-corrected chi connectivity index (χ1v) is 13.0. The van der Waals surface area contributed by atoms with Crippen molar-refractivity contribution < 1.29 is 4.74 Å². The molecule has 1 atom stereocenters. The Balaban J connectivity index is 1.21. The van der Waals surface area contributed by atoms with Gasteiger partial charge in [0.15, 0.2) is 0 Å². The molecular weight excluding hydrogens is 462 g/mol. The Morgan fingerprint density at radius 2 is 1.72 bits per heavy atom. The maximum atomic E-state index is 5.71. The Morgan fingerprint density at radius 1 is 0.969 bits per heavy atom. The molecule has 0 amide bonds. The Kier molecular flexibility index (Phi) is 8.64. The van der Waals surface area contributed by atoms with Crippen LogP contribution in [-0.4, -0.2) is 67.2 Å². The molecule has 0 bridgehead atoms. The molecular formula is C27H38BrN3O. The second-order valence-electron chi connectivity index (χ2n) is 9.51. The average molecular weight is 501 g/mol. The number of ether oxygens (including phenoxy) is 1. The zero-order valence-electron chi connectivity index (χ0n) is 19.7. The van der Waals surface area contributed by atoms with Crippen molar-refractivity contribution >= 4 is 15.9 Å². The molecule has 2 aromatic carbocycles. The third-order valence-corrected chi connectivity index (χ3v) is 7.86. The molecule has 2 aromatic rings. The van der Waals surface area contributed by atoms with Crippen LogP contribution in [0.15, 0.2) is 53.0 Å². The summed E-state index contributed by atoms with van der Waals surface area (Å²) in [6, 6.07) is 17.9. The Morgan fingerprint density at radius 3 is 2.44 bits per heavy atom. The molecule has 4 nitrogen and oxygen atoms in total. The smallest absolute Gasteiger partial charge is 0.119 e. The molecule has 0 aliphatic carbocycles. The Bertz CT molecular complexity index is 838. The van der Waals surface area contributed by atoms with E-state index in [1.165, 1.54) is 61.0 Å². The molecule has 0 N–H and O–H groups in total. The van der Waals surface area contributed by atoms with E-state index < -0.39 is 0 Å². The lowest BCUT2D eigenvalue weighted by molar-refractivity contribution is 0.0302. The fourth-order valence-corrected chi connectivity index (χ4v) is 5.61. The van der Waals surface area contributed by atoms with Crippen LogP contribution in [0.1, 0.15) is 37.3 Å². The number of likely N-dealkylation sites (N-methyl/N-ethyl adjacent to an activating group) is 1. The number of rotatable bonds is 8. The van der Waals surface area contributed by atoms with Gasteiger partial charge in [0.25, 0.3) is 0 Å². The van der Waals surface area contributed by atoms with Gasteiger partial charge in [-0.15, -0.1) is 0 Å². The molecule has 2 aliphatic rings. The van der Waals surface area contributed by atoms with Gasteiger partial charge in [-0.3, -0.25) is 9.80 Å². The van der Waals surface area contributed by atoms with Crippen molar-refractivity contribution in [3.8, 4) is 5.75 Å². The van der Waals surface area contributed by atoms with Crippen LogP contribution in [0.4, 0.5) is 0 Å². The standard InChI is InChI=1S/C27H38BrN3O/c1-3-32-26-9-10-27(28)24(18-26)17-22-11-14-30(15-12-22)20-25-13-16-31(21-29(25)2)19-23-7-5-4-6-8-23/h4-10,18,22,25H,3,11-17,19-21H2,1-2H3. The molecule has 0 spiro atoms. The SMILES string of the molecule is CCOc1ccc(Br)c(CC2CCN(CC3CCN(Cc4ccccc4)CN3C)CC2)c1. The van der Waals surface area contributed by atoms with Crippen molar-refractivity contribution in [1.82, 2.24) is 14.7 Å². The van der Waals surface area contributed by atoms with E-state index in [1.807, 2.05) is 6.92 Å². The van der Waals surface area contributed by atoms with E-state index in [4.69, 9.17) is 4.74 Å². The van der Waals surface area contributed by atoms with Crippen molar-refractivity contribution in [2.24, 2.45) is 5.92 Å². The molecule has 4 rings (SSSR count). The van der Waals surface area contributed by atoms with Crippen LogP contribution in [0, 0.1) is 5.92 Å². The number of likely N-dealkylation sites (tertiary alicyclic amines) is 1. The molecule has 2 saturated heterocycles. The van der Waals surface area contributed by atoms with Crippen LogP contribution >= 0.6 is 15.9 Å². The van der Waals surface area contributed by atoms with Gasteiger partial charge in [0.2, 0.25) is 0 Å². The van der Waals surface area contributed by atoms with Crippen molar-refractivity contribution in [2.45, 2.75) is 45.2 Å². The van der Waals surface area contributed by atoms with Gasteiger partial charge in [0.05, 0.1) is 13.3 Å². The van der Waals surface area contributed by atoms with Crippen molar-refractivity contribution in [3.63, 3.8) is 0 Å². The minimum Gasteiger partial charge on any atom is -0.494 e. The molecule has 2 aliphatic heterocycles. The van der Waals surface area contributed by atoms with Gasteiger partial charge in [-0.05, 0) is 88.0 Å². The quantitative estimate of drug-likeness (QED) is 0.492. The molecule has 1 unspecified atom stereocenters. The second-order valence-corrected chi connectivity index (χ2v) is 10.4. The molecule has 2 fully saturated rings. The van der Waals surface area contributed by atoms with E-state index in [2.05, 4.69) is 86.2 Å². The predicted octanol–water partition coefficient (Wildman–Crippen LogP) is 5.27. The highest BCUT2D eigenvalue weighted by molar-refractivity contribution is 9.10. The average Bonchev–Trinajstić information content (AvgIpc) is 2.80. The number of nitrogens with zero attached hydrogens (tertiary/aromatic N) is 3. The van der Waals surface area contributed by atoms with E-state index >= 15 is 0 Å². The molecule has 32 heavy (non-hydrogen) atoms. The first-order valence-electron chi connectivity index (χ1n) is 12.2. The predicted molar refractivity (Wildman–Crippen MR) is 136 cm³/mol. The lowest BCUT2D eigenvalue weighted by Gasteiger charge is -2.43. The monoisotopic (exact) mass is 499 g/mol. The number of hydrogen-bond donors (Lipinski definition) is 0. The highest BCUT2D eigenvalue weighted by atomic mass is 79.9. The summed E-state index contributed by atoms with van der Waals surface area (Å²) in [7, 11) is 2.30. The minimum atomic E-state index is 0.676. The summed E-state index contributed by atoms with van der Waals surface area (Å²) in [5.74, 6) is 1.76. The minimum absolute atomic E-state index is 0.676. The number of hydrogen-bond acceptors (Lipinski definition) is 4. The number of piperidine rings is 1. The Labute approximate surface area is 202 Å². The molecule has 174 valence electrons. The van der Waals surface area contributed by atoms with Gasteiger partial charge in [-0.1, -0.05) is 46.3 Å². The zero-order valence-corrected chi connectivity index (χ0v) is 21.3. The van der Waals surface area contributed by atoms with Crippen LogP contribution in [0.25, 0.3) is 0 Å². The summed E-state index contributed by atoms with van der Waals surface area (Å²) in [6.07, 6.45) is 5.00. The van der Waals surface area contributed by atoms with Gasteiger partial charge in [-0.2, -0.15) is 0 Å². The first kappa shape index (κ1) is 23.7. The molecule has 5 heteroatoms. The van der Waals surface area contributed by atoms with E-state index in [0.29, 0.717) is 6.04 Å². The maximum Gasteiger partial charge on any atom is 0.119 e. The third kappa shape index (κ3) is 6.57. The van der Waals surface area contributed by atoms with Gasteiger partial charge in [0, 0.05) is 30.1 Å². The largest absolute Gasteiger partial charge is 0.494 e. The first-order chi connectivity index (χ1) is 15.6. The lowest BCUT2D eigenvalue weighted by atomic mass is 9.90. The van der Waals surface area contributed by atoms with Crippen molar-refractivity contribution in [1.29, 1.82) is 0 Å². The van der Waals surface area contributed by atoms with Gasteiger partial charge >= 0.3 is 0 Å². The van der Waals surface area contributed by atoms with E-state index in [1.54, 1.807) is 0 Å². The summed E-state index contributed by atoms with van der Waals surface area (Å²) in [5, 5.41) is 0. The fraction of sp³-hybridized carbons (Fsp3) is 0.556. The van der Waals surface area contributed by atoms with Crippen LogP contribution in [-0.2, 0) is 13.0 Å². The van der Waals surface area contributed by atoms with Crippen LogP contribution in [0.5, 0.6) is 5.75 Å². The number of halogens is 1. The van der Waals surface area contributed by atoms with Crippen molar-refractivity contribution in [3.05, 3.63) is 64.1 Å². The van der Waals surface area contributed by atoms with Gasteiger partial charge < -0.3 is 9.64 Å². The topological polar surface area (TPSA) is 19.0 Å². The van der Waals surface area contributed by atoms with Crippen LogP contribution in [0.3, 0.4) is 0 Å². The molecule has 0 saturated carbocycles. The third-order valence-electron chi connectivity index (χ3n) is 7.09. The van der Waals surface area contributed by atoms with Gasteiger partial charge in [-0.25, -0.2) is 0 Å². The normalized spacial score (nSPS) is 21.7. The van der Waals surface area contributed by atoms with Crippen molar-refractivity contribution in [2.75, 3.05) is 46.5 Å². The maximum absolute atomic E-state index is 5.71. The Hall–Kier alpha value is -1.40. The number of benzene rings is 2. The highest BCUT2D eigenvalue weighted by Crippen LogP contribution is 2.29. The molecule has 0 aromatic heterocycles. The van der Waals surface area contributed by atoms with E-state index in [-0.39, 0.29) is 0 Å². The van der Waals surface area contributed by atoms with Gasteiger partial charge in [0.1, 0.15) is 5.75 Å². The molecule has 2 heterocycles. The van der Waals surface area contributed by atoms with E-state index in [0.717, 1.165) is 37.9 Å². The lowest BCUT2D eigenvalue weighted by Crippen LogP contribution is -2.53. The molecule has 0 radical (unpaired) electrons.